The molecule has 1 aromatic carbocycles. The minimum Gasteiger partial charge on any atom is -0.0620 e. The van der Waals surface area contributed by atoms with Crippen LogP contribution in [0.15, 0.2) is 24.3 Å². The van der Waals surface area contributed by atoms with Gasteiger partial charge in [-0.05, 0) is 60.5 Å². The number of hydrogen-bond donors (Lipinski definition) is 0. The van der Waals surface area contributed by atoms with Gasteiger partial charge in [-0.15, -0.1) is 0 Å². The summed E-state index contributed by atoms with van der Waals surface area (Å²) in [6, 6.07) is 9.27. The lowest BCUT2D eigenvalue weighted by Crippen LogP contribution is -2.28. The number of hydrogen-bond acceptors (Lipinski definition) is 0. The summed E-state index contributed by atoms with van der Waals surface area (Å²) in [5, 5.41) is 0. The highest BCUT2D eigenvalue weighted by Crippen LogP contribution is 2.53. The molecule has 0 heteroatoms. The molecular formula is C18H24. The zero-order valence-electron chi connectivity index (χ0n) is 11.3. The summed E-state index contributed by atoms with van der Waals surface area (Å²) in [6.07, 6.45) is 11.9. The van der Waals surface area contributed by atoms with E-state index in [9.17, 15) is 0 Å². The molecular weight excluding hydrogens is 216 g/mol. The molecule has 4 unspecified atom stereocenters. The van der Waals surface area contributed by atoms with Crippen LogP contribution in [-0.2, 0) is 6.42 Å². The van der Waals surface area contributed by atoms with E-state index in [1.807, 2.05) is 0 Å². The normalized spacial score (nSPS) is 38.4. The van der Waals surface area contributed by atoms with Crippen molar-refractivity contribution in [2.45, 2.75) is 57.3 Å². The maximum atomic E-state index is 2.42. The van der Waals surface area contributed by atoms with Crippen LogP contribution in [0, 0.1) is 17.8 Å². The Kier molecular flexibility index (Phi) is 2.71. The number of rotatable bonds is 1. The van der Waals surface area contributed by atoms with Gasteiger partial charge in [0.1, 0.15) is 0 Å². The quantitative estimate of drug-likeness (QED) is 0.652. The smallest absolute Gasteiger partial charge is 0.0125 e. The number of fused-ring (bicyclic) bond motifs is 2. The SMILES string of the molecule is c1ccc2c(c1)CCC2C1CCCC2CCCC21. The Morgan fingerprint density at radius 3 is 2.44 bits per heavy atom. The fourth-order valence-electron chi connectivity index (χ4n) is 5.35. The predicted octanol–water partition coefficient (Wildman–Crippen LogP) is 4.93. The highest BCUT2D eigenvalue weighted by atomic mass is 14.5. The van der Waals surface area contributed by atoms with Gasteiger partial charge in [-0.1, -0.05) is 49.9 Å². The Bertz CT molecular complexity index is 433. The van der Waals surface area contributed by atoms with Gasteiger partial charge in [0.25, 0.3) is 0 Å². The minimum atomic E-state index is 0.909. The van der Waals surface area contributed by atoms with Crippen molar-refractivity contribution in [2.75, 3.05) is 0 Å². The van der Waals surface area contributed by atoms with Crippen molar-refractivity contribution in [1.29, 1.82) is 0 Å². The monoisotopic (exact) mass is 240 g/mol. The van der Waals surface area contributed by atoms with Crippen molar-refractivity contribution in [2.24, 2.45) is 17.8 Å². The van der Waals surface area contributed by atoms with Crippen molar-refractivity contribution in [3.8, 4) is 0 Å². The van der Waals surface area contributed by atoms with E-state index in [1.54, 1.807) is 11.1 Å². The molecule has 0 aromatic heterocycles. The van der Waals surface area contributed by atoms with Gasteiger partial charge in [-0.3, -0.25) is 0 Å². The third-order valence-corrected chi connectivity index (χ3v) is 6.08. The van der Waals surface area contributed by atoms with E-state index >= 15 is 0 Å². The summed E-state index contributed by atoms with van der Waals surface area (Å²) in [4.78, 5) is 0. The standard InChI is InChI=1S/C18H24/c1-2-8-15-14(5-1)11-12-18(15)17-10-4-7-13-6-3-9-16(13)17/h1-2,5,8,13,16-18H,3-4,6-7,9-12H2. The van der Waals surface area contributed by atoms with Gasteiger partial charge < -0.3 is 0 Å². The van der Waals surface area contributed by atoms with Crippen molar-refractivity contribution in [1.82, 2.24) is 0 Å². The molecule has 1 aromatic rings. The van der Waals surface area contributed by atoms with Gasteiger partial charge >= 0.3 is 0 Å². The van der Waals surface area contributed by atoms with E-state index in [1.165, 1.54) is 51.4 Å². The number of aryl methyl sites for hydroxylation is 1. The summed E-state index contributed by atoms with van der Waals surface area (Å²) in [5.41, 5.74) is 3.37. The van der Waals surface area contributed by atoms with Crippen LogP contribution in [0.1, 0.15) is 62.0 Å². The van der Waals surface area contributed by atoms with E-state index in [0.717, 1.165) is 23.7 Å². The summed E-state index contributed by atoms with van der Waals surface area (Å²) in [6.45, 7) is 0. The highest BCUT2D eigenvalue weighted by Gasteiger charge is 2.41. The molecule has 4 atom stereocenters. The average molecular weight is 240 g/mol. The van der Waals surface area contributed by atoms with Crippen LogP contribution in [-0.4, -0.2) is 0 Å². The van der Waals surface area contributed by atoms with Gasteiger partial charge in [0, 0.05) is 0 Å². The first kappa shape index (κ1) is 11.1. The highest BCUT2D eigenvalue weighted by molar-refractivity contribution is 5.35. The zero-order valence-corrected chi connectivity index (χ0v) is 11.3. The Hall–Kier alpha value is -0.780. The van der Waals surface area contributed by atoms with Crippen LogP contribution < -0.4 is 0 Å². The maximum absolute atomic E-state index is 2.42. The number of benzene rings is 1. The molecule has 18 heavy (non-hydrogen) atoms. The molecule has 4 rings (SSSR count). The summed E-state index contributed by atoms with van der Waals surface area (Å²) >= 11 is 0. The summed E-state index contributed by atoms with van der Waals surface area (Å²) < 4.78 is 0. The van der Waals surface area contributed by atoms with E-state index in [2.05, 4.69) is 24.3 Å². The Morgan fingerprint density at radius 1 is 0.778 bits per heavy atom. The summed E-state index contributed by atoms with van der Waals surface area (Å²) in [7, 11) is 0. The molecule has 0 radical (unpaired) electrons. The lowest BCUT2D eigenvalue weighted by atomic mass is 9.67. The average Bonchev–Trinajstić information content (AvgIpc) is 3.05. The van der Waals surface area contributed by atoms with E-state index in [0.29, 0.717) is 0 Å². The Balaban J connectivity index is 1.64. The van der Waals surface area contributed by atoms with E-state index < -0.39 is 0 Å². The van der Waals surface area contributed by atoms with Gasteiger partial charge in [-0.2, -0.15) is 0 Å². The van der Waals surface area contributed by atoms with Crippen LogP contribution in [0.3, 0.4) is 0 Å². The second kappa shape index (κ2) is 4.40. The fraction of sp³-hybridized carbons (Fsp3) is 0.667. The molecule has 2 fully saturated rings. The topological polar surface area (TPSA) is 0 Å². The maximum Gasteiger partial charge on any atom is -0.0125 e. The first-order valence-electron chi connectivity index (χ1n) is 8.01. The third-order valence-electron chi connectivity index (χ3n) is 6.08. The van der Waals surface area contributed by atoms with Crippen molar-refractivity contribution in [3.05, 3.63) is 35.4 Å². The third kappa shape index (κ3) is 1.65. The molecule has 0 heterocycles. The van der Waals surface area contributed by atoms with Crippen molar-refractivity contribution < 1.29 is 0 Å². The fourth-order valence-corrected chi connectivity index (χ4v) is 5.35. The molecule has 0 N–H and O–H groups in total. The zero-order chi connectivity index (χ0) is 11.9. The molecule has 3 aliphatic carbocycles. The van der Waals surface area contributed by atoms with E-state index in [4.69, 9.17) is 0 Å². The molecule has 96 valence electrons. The second-order valence-electron chi connectivity index (χ2n) is 6.79. The predicted molar refractivity (Wildman–Crippen MR) is 75.7 cm³/mol. The molecule has 0 aliphatic heterocycles. The van der Waals surface area contributed by atoms with Gasteiger partial charge in [0.15, 0.2) is 0 Å². The molecule has 0 spiro atoms. The van der Waals surface area contributed by atoms with Crippen molar-refractivity contribution in [3.63, 3.8) is 0 Å². The van der Waals surface area contributed by atoms with Gasteiger partial charge in [-0.25, -0.2) is 0 Å². The Labute approximate surface area is 111 Å². The molecule has 0 saturated heterocycles. The Morgan fingerprint density at radius 2 is 1.56 bits per heavy atom. The lowest BCUT2D eigenvalue weighted by molar-refractivity contribution is 0.153. The van der Waals surface area contributed by atoms with Gasteiger partial charge in [0.2, 0.25) is 0 Å². The largest absolute Gasteiger partial charge is 0.0620 e. The van der Waals surface area contributed by atoms with E-state index in [-0.39, 0.29) is 0 Å². The molecule has 3 aliphatic rings. The molecule has 0 nitrogen and oxygen atoms in total. The van der Waals surface area contributed by atoms with Crippen LogP contribution in [0.2, 0.25) is 0 Å². The van der Waals surface area contributed by atoms with Crippen LogP contribution >= 0.6 is 0 Å². The van der Waals surface area contributed by atoms with Crippen LogP contribution in [0.5, 0.6) is 0 Å². The van der Waals surface area contributed by atoms with Crippen molar-refractivity contribution >= 4 is 0 Å². The first-order valence-corrected chi connectivity index (χ1v) is 8.01. The van der Waals surface area contributed by atoms with Gasteiger partial charge in [0.05, 0.1) is 0 Å². The molecule has 2 saturated carbocycles. The van der Waals surface area contributed by atoms with Crippen LogP contribution in [0.25, 0.3) is 0 Å². The summed E-state index contributed by atoms with van der Waals surface area (Å²) in [5.74, 6) is 4.11. The first-order chi connectivity index (χ1) is 8.93. The molecule has 0 bridgehead atoms. The second-order valence-corrected chi connectivity index (χ2v) is 6.79. The van der Waals surface area contributed by atoms with Crippen LogP contribution in [0.4, 0.5) is 0 Å². The lowest BCUT2D eigenvalue weighted by Gasteiger charge is -2.38. The molecule has 0 amide bonds. The minimum absolute atomic E-state index is 0.909.